The molecule has 1 aromatic carbocycles. The highest BCUT2D eigenvalue weighted by Crippen LogP contribution is 2.31. The average Bonchev–Trinajstić information content (AvgIpc) is 2.41. The lowest BCUT2D eigenvalue weighted by Gasteiger charge is -2.27. The second-order valence-corrected chi connectivity index (χ2v) is 5.11. The second kappa shape index (κ2) is 6.41. The van der Waals surface area contributed by atoms with Crippen molar-refractivity contribution in [3.8, 4) is 5.75 Å². The number of piperazine rings is 1. The number of nitrogens with zero attached hydrogens (tertiary/aromatic N) is 1. The van der Waals surface area contributed by atoms with E-state index in [4.69, 9.17) is 16.3 Å². The standard InChI is InChI=1S/C14H21ClN2O/c1-11-3-4-12(14(18-2)13(11)15)5-8-17-9-6-16-7-10-17/h3-4,16H,5-10H2,1-2H3. The van der Waals surface area contributed by atoms with E-state index in [-0.39, 0.29) is 0 Å². The zero-order valence-electron chi connectivity index (χ0n) is 11.1. The first kappa shape index (κ1) is 13.7. The number of nitrogens with one attached hydrogen (secondary N) is 1. The van der Waals surface area contributed by atoms with E-state index in [0.29, 0.717) is 0 Å². The Bertz CT molecular complexity index is 403. The van der Waals surface area contributed by atoms with Gasteiger partial charge in [0.15, 0.2) is 0 Å². The number of hydrogen-bond donors (Lipinski definition) is 1. The van der Waals surface area contributed by atoms with Gasteiger partial charge in [0.05, 0.1) is 12.1 Å². The molecule has 0 radical (unpaired) electrons. The Balaban J connectivity index is 2.02. The second-order valence-electron chi connectivity index (χ2n) is 4.73. The van der Waals surface area contributed by atoms with Gasteiger partial charge in [-0.25, -0.2) is 0 Å². The maximum atomic E-state index is 6.27. The maximum Gasteiger partial charge on any atom is 0.140 e. The quantitative estimate of drug-likeness (QED) is 0.905. The lowest BCUT2D eigenvalue weighted by atomic mass is 10.1. The zero-order valence-corrected chi connectivity index (χ0v) is 11.9. The highest BCUT2D eigenvalue weighted by atomic mass is 35.5. The van der Waals surface area contributed by atoms with Gasteiger partial charge in [0, 0.05) is 32.7 Å². The Kier molecular flexibility index (Phi) is 4.87. The molecule has 0 spiro atoms. The largest absolute Gasteiger partial charge is 0.495 e. The third-order valence-electron chi connectivity index (χ3n) is 3.48. The topological polar surface area (TPSA) is 24.5 Å². The fraction of sp³-hybridized carbons (Fsp3) is 0.571. The molecule has 1 aromatic rings. The van der Waals surface area contributed by atoms with Gasteiger partial charge < -0.3 is 15.0 Å². The molecule has 1 aliphatic rings. The third-order valence-corrected chi connectivity index (χ3v) is 3.95. The maximum absolute atomic E-state index is 6.27. The van der Waals surface area contributed by atoms with E-state index in [1.807, 2.05) is 6.92 Å². The molecule has 100 valence electrons. The van der Waals surface area contributed by atoms with E-state index in [1.165, 1.54) is 5.56 Å². The van der Waals surface area contributed by atoms with Crippen LogP contribution >= 0.6 is 11.6 Å². The van der Waals surface area contributed by atoms with Crippen LogP contribution in [0.5, 0.6) is 5.75 Å². The smallest absolute Gasteiger partial charge is 0.140 e. The van der Waals surface area contributed by atoms with Gasteiger partial charge in [0.1, 0.15) is 5.75 Å². The predicted molar refractivity (Wildman–Crippen MR) is 75.8 cm³/mol. The monoisotopic (exact) mass is 268 g/mol. The molecule has 18 heavy (non-hydrogen) atoms. The highest BCUT2D eigenvalue weighted by molar-refractivity contribution is 6.32. The van der Waals surface area contributed by atoms with Crippen molar-refractivity contribution in [2.75, 3.05) is 39.8 Å². The first-order chi connectivity index (χ1) is 8.72. The van der Waals surface area contributed by atoms with E-state index < -0.39 is 0 Å². The minimum atomic E-state index is 0.746. The van der Waals surface area contributed by atoms with Crippen LogP contribution in [0.3, 0.4) is 0 Å². The summed E-state index contributed by atoms with van der Waals surface area (Å²) in [4.78, 5) is 2.48. The molecule has 1 N–H and O–H groups in total. The van der Waals surface area contributed by atoms with Crippen LogP contribution < -0.4 is 10.1 Å². The summed E-state index contributed by atoms with van der Waals surface area (Å²) in [6.07, 6.45) is 0.989. The lowest BCUT2D eigenvalue weighted by molar-refractivity contribution is 0.243. The normalized spacial score (nSPS) is 16.8. The van der Waals surface area contributed by atoms with Crippen molar-refractivity contribution in [2.24, 2.45) is 0 Å². The molecule has 4 heteroatoms. The van der Waals surface area contributed by atoms with Gasteiger partial charge in [-0.05, 0) is 24.5 Å². The Morgan fingerprint density at radius 1 is 1.33 bits per heavy atom. The van der Waals surface area contributed by atoms with Crippen molar-refractivity contribution < 1.29 is 4.74 Å². The Morgan fingerprint density at radius 2 is 2.06 bits per heavy atom. The first-order valence-electron chi connectivity index (χ1n) is 6.47. The predicted octanol–water partition coefficient (Wildman–Crippen LogP) is 2.10. The molecule has 1 aliphatic heterocycles. The molecular weight excluding hydrogens is 248 g/mol. The fourth-order valence-electron chi connectivity index (χ4n) is 2.33. The number of rotatable bonds is 4. The van der Waals surface area contributed by atoms with Gasteiger partial charge in [-0.3, -0.25) is 0 Å². The van der Waals surface area contributed by atoms with Gasteiger partial charge in [0.2, 0.25) is 0 Å². The molecule has 0 aliphatic carbocycles. The molecule has 0 saturated carbocycles. The van der Waals surface area contributed by atoms with Crippen molar-refractivity contribution >= 4 is 11.6 Å². The molecule has 1 saturated heterocycles. The highest BCUT2D eigenvalue weighted by Gasteiger charge is 2.13. The van der Waals surface area contributed by atoms with Crippen LogP contribution in [-0.4, -0.2) is 44.7 Å². The number of ether oxygens (including phenoxy) is 1. The van der Waals surface area contributed by atoms with Crippen LogP contribution in [0.25, 0.3) is 0 Å². The van der Waals surface area contributed by atoms with Crippen LogP contribution in [0, 0.1) is 6.92 Å². The van der Waals surface area contributed by atoms with E-state index in [1.54, 1.807) is 7.11 Å². The summed E-state index contributed by atoms with van der Waals surface area (Å²) in [5.74, 6) is 0.840. The molecule has 1 fully saturated rings. The minimum absolute atomic E-state index is 0.746. The van der Waals surface area contributed by atoms with Gasteiger partial charge in [-0.15, -0.1) is 0 Å². The van der Waals surface area contributed by atoms with Crippen molar-refractivity contribution in [3.63, 3.8) is 0 Å². The number of halogens is 1. The van der Waals surface area contributed by atoms with E-state index in [9.17, 15) is 0 Å². The van der Waals surface area contributed by atoms with E-state index >= 15 is 0 Å². The molecule has 3 nitrogen and oxygen atoms in total. The van der Waals surface area contributed by atoms with Crippen molar-refractivity contribution in [1.82, 2.24) is 10.2 Å². The van der Waals surface area contributed by atoms with Crippen LogP contribution in [0.4, 0.5) is 0 Å². The van der Waals surface area contributed by atoms with Crippen LogP contribution in [0.15, 0.2) is 12.1 Å². The molecule has 0 aromatic heterocycles. The van der Waals surface area contributed by atoms with E-state index in [2.05, 4.69) is 22.3 Å². The summed E-state index contributed by atoms with van der Waals surface area (Å²) in [7, 11) is 1.69. The van der Waals surface area contributed by atoms with Gasteiger partial charge in [-0.2, -0.15) is 0 Å². The van der Waals surface area contributed by atoms with Crippen LogP contribution in [0.1, 0.15) is 11.1 Å². The van der Waals surface area contributed by atoms with Gasteiger partial charge >= 0.3 is 0 Å². The van der Waals surface area contributed by atoms with Gasteiger partial charge in [-0.1, -0.05) is 23.7 Å². The molecule has 1 heterocycles. The molecule has 0 amide bonds. The van der Waals surface area contributed by atoms with Crippen molar-refractivity contribution in [2.45, 2.75) is 13.3 Å². The fourth-order valence-corrected chi connectivity index (χ4v) is 2.59. The van der Waals surface area contributed by atoms with Crippen LogP contribution in [-0.2, 0) is 6.42 Å². The lowest BCUT2D eigenvalue weighted by Crippen LogP contribution is -2.44. The Hall–Kier alpha value is -0.770. The molecule has 0 atom stereocenters. The number of methoxy groups -OCH3 is 1. The summed E-state index contributed by atoms with van der Waals surface area (Å²) >= 11 is 6.27. The number of aryl methyl sites for hydroxylation is 1. The number of hydrogen-bond acceptors (Lipinski definition) is 3. The summed E-state index contributed by atoms with van der Waals surface area (Å²) in [5, 5.41) is 4.11. The molecule has 0 unspecified atom stereocenters. The van der Waals surface area contributed by atoms with Crippen LogP contribution in [0.2, 0.25) is 5.02 Å². The third kappa shape index (κ3) is 3.16. The van der Waals surface area contributed by atoms with E-state index in [0.717, 1.165) is 55.5 Å². The Labute approximate surface area is 114 Å². The minimum Gasteiger partial charge on any atom is -0.495 e. The zero-order chi connectivity index (χ0) is 13.0. The molecule has 2 rings (SSSR count). The summed E-state index contributed by atoms with van der Waals surface area (Å²) in [6, 6.07) is 4.19. The summed E-state index contributed by atoms with van der Waals surface area (Å²) < 4.78 is 5.43. The first-order valence-corrected chi connectivity index (χ1v) is 6.85. The summed E-state index contributed by atoms with van der Waals surface area (Å²) in [6.45, 7) is 7.50. The Morgan fingerprint density at radius 3 is 2.72 bits per heavy atom. The summed E-state index contributed by atoms with van der Waals surface area (Å²) in [5.41, 5.74) is 2.27. The molecular formula is C14H21ClN2O. The average molecular weight is 269 g/mol. The van der Waals surface area contributed by atoms with Crippen molar-refractivity contribution in [1.29, 1.82) is 0 Å². The molecule has 0 bridgehead atoms. The number of benzene rings is 1. The van der Waals surface area contributed by atoms with Crippen molar-refractivity contribution in [3.05, 3.63) is 28.3 Å². The van der Waals surface area contributed by atoms with Gasteiger partial charge in [0.25, 0.3) is 0 Å². The SMILES string of the molecule is COc1c(CCN2CCNCC2)ccc(C)c1Cl.